The normalized spacial score (nSPS) is 12.7. The largest absolute Gasteiger partial charge is 0.357 e. The van der Waals surface area contributed by atoms with E-state index in [-0.39, 0.29) is 0 Å². The Morgan fingerprint density at radius 2 is 2.05 bits per heavy atom. The van der Waals surface area contributed by atoms with Gasteiger partial charge in [0.15, 0.2) is 0 Å². The molecule has 1 N–H and O–H groups in total. The van der Waals surface area contributed by atoms with E-state index in [1.807, 2.05) is 13.2 Å². The fourth-order valence-corrected chi connectivity index (χ4v) is 2.06. The summed E-state index contributed by atoms with van der Waals surface area (Å²) in [6, 6.07) is 4.64. The highest BCUT2D eigenvalue weighted by atomic mass is 15.2. The third-order valence-electron chi connectivity index (χ3n) is 3.44. The number of aromatic nitrogens is 1. The molecule has 4 heteroatoms. The quantitative estimate of drug-likeness (QED) is 0.779. The Hall–Kier alpha value is -1.13. The van der Waals surface area contributed by atoms with E-state index in [9.17, 15) is 0 Å². The zero-order chi connectivity index (χ0) is 14.3. The molecule has 1 atom stereocenters. The summed E-state index contributed by atoms with van der Waals surface area (Å²) >= 11 is 0. The van der Waals surface area contributed by atoms with Crippen LogP contribution in [0, 0.1) is 0 Å². The van der Waals surface area contributed by atoms with Crippen LogP contribution in [0.5, 0.6) is 0 Å². The summed E-state index contributed by atoms with van der Waals surface area (Å²) in [6.45, 7) is 7.52. The molecule has 0 spiro atoms. The molecule has 0 fully saturated rings. The molecule has 0 amide bonds. The standard InChI is InChI=1S/C15H28N4/c1-6-19(11-7-10-18(4)5)15-12-14(8-9-17-15)13(2)16-3/h8-9,12-13,16H,6-7,10-11H2,1-5H3. The van der Waals surface area contributed by atoms with E-state index in [0.717, 1.165) is 31.9 Å². The second-order valence-corrected chi connectivity index (χ2v) is 5.19. The topological polar surface area (TPSA) is 31.4 Å². The third-order valence-corrected chi connectivity index (χ3v) is 3.44. The molecule has 1 unspecified atom stereocenters. The van der Waals surface area contributed by atoms with Crippen molar-refractivity contribution in [3.8, 4) is 0 Å². The van der Waals surface area contributed by atoms with Crippen molar-refractivity contribution in [2.75, 3.05) is 45.7 Å². The maximum absolute atomic E-state index is 4.51. The molecule has 1 aromatic heterocycles. The van der Waals surface area contributed by atoms with Crippen LogP contribution in [-0.2, 0) is 0 Å². The first-order valence-electron chi connectivity index (χ1n) is 7.11. The van der Waals surface area contributed by atoms with E-state index in [2.05, 4.69) is 60.2 Å². The fraction of sp³-hybridized carbons (Fsp3) is 0.667. The molecule has 1 rings (SSSR count). The van der Waals surface area contributed by atoms with Gasteiger partial charge in [-0.15, -0.1) is 0 Å². The molecule has 0 aliphatic rings. The lowest BCUT2D eigenvalue weighted by molar-refractivity contribution is 0.400. The van der Waals surface area contributed by atoms with Gasteiger partial charge in [0.25, 0.3) is 0 Å². The molecule has 0 saturated carbocycles. The van der Waals surface area contributed by atoms with E-state index in [0.29, 0.717) is 6.04 Å². The molecule has 0 aromatic carbocycles. The summed E-state index contributed by atoms with van der Waals surface area (Å²) in [6.07, 6.45) is 3.07. The molecule has 19 heavy (non-hydrogen) atoms. The van der Waals surface area contributed by atoms with Gasteiger partial charge in [0.2, 0.25) is 0 Å². The van der Waals surface area contributed by atoms with Gasteiger partial charge < -0.3 is 15.1 Å². The lowest BCUT2D eigenvalue weighted by Gasteiger charge is -2.24. The summed E-state index contributed by atoms with van der Waals surface area (Å²) in [5.41, 5.74) is 1.29. The van der Waals surface area contributed by atoms with Gasteiger partial charge in [-0.2, -0.15) is 0 Å². The Labute approximate surface area is 117 Å². The van der Waals surface area contributed by atoms with Crippen molar-refractivity contribution in [3.05, 3.63) is 23.9 Å². The molecular formula is C15H28N4. The van der Waals surface area contributed by atoms with E-state index in [1.165, 1.54) is 5.56 Å². The van der Waals surface area contributed by atoms with Crippen molar-refractivity contribution in [3.63, 3.8) is 0 Å². The second kappa shape index (κ2) is 8.12. The summed E-state index contributed by atoms with van der Waals surface area (Å²) in [4.78, 5) is 9.08. The minimum atomic E-state index is 0.363. The summed E-state index contributed by atoms with van der Waals surface area (Å²) < 4.78 is 0. The number of rotatable bonds is 8. The third kappa shape index (κ3) is 5.17. The zero-order valence-electron chi connectivity index (χ0n) is 13.0. The molecule has 0 saturated heterocycles. The monoisotopic (exact) mass is 264 g/mol. The van der Waals surface area contributed by atoms with Gasteiger partial charge in [0.05, 0.1) is 0 Å². The predicted octanol–water partition coefficient (Wildman–Crippen LogP) is 2.14. The first kappa shape index (κ1) is 15.9. The first-order chi connectivity index (χ1) is 9.08. The SMILES string of the molecule is CCN(CCCN(C)C)c1cc(C(C)NC)ccn1. The van der Waals surface area contributed by atoms with Crippen molar-refractivity contribution >= 4 is 5.82 Å². The Balaban J connectivity index is 2.69. The number of hydrogen-bond acceptors (Lipinski definition) is 4. The number of pyridine rings is 1. The summed E-state index contributed by atoms with van der Waals surface area (Å²) in [5.74, 6) is 1.08. The zero-order valence-corrected chi connectivity index (χ0v) is 13.0. The molecular weight excluding hydrogens is 236 g/mol. The minimum Gasteiger partial charge on any atom is -0.357 e. The van der Waals surface area contributed by atoms with Crippen LogP contribution in [0.2, 0.25) is 0 Å². The minimum absolute atomic E-state index is 0.363. The van der Waals surface area contributed by atoms with Gasteiger partial charge in [-0.1, -0.05) is 0 Å². The van der Waals surface area contributed by atoms with Gasteiger partial charge in [0.1, 0.15) is 5.82 Å². The maximum atomic E-state index is 4.51. The second-order valence-electron chi connectivity index (χ2n) is 5.19. The van der Waals surface area contributed by atoms with Crippen molar-refractivity contribution in [2.45, 2.75) is 26.3 Å². The highest BCUT2D eigenvalue weighted by Gasteiger charge is 2.09. The summed E-state index contributed by atoms with van der Waals surface area (Å²) in [7, 11) is 6.22. The Morgan fingerprint density at radius 1 is 1.32 bits per heavy atom. The lowest BCUT2D eigenvalue weighted by Crippen LogP contribution is -2.28. The number of nitrogens with zero attached hydrogens (tertiary/aromatic N) is 3. The Morgan fingerprint density at radius 3 is 2.63 bits per heavy atom. The molecule has 4 nitrogen and oxygen atoms in total. The van der Waals surface area contributed by atoms with Crippen LogP contribution >= 0.6 is 0 Å². The first-order valence-corrected chi connectivity index (χ1v) is 7.11. The average molecular weight is 264 g/mol. The van der Waals surface area contributed by atoms with Crippen LogP contribution in [-0.4, -0.2) is 50.7 Å². The van der Waals surface area contributed by atoms with E-state index in [4.69, 9.17) is 0 Å². The molecule has 1 aromatic rings. The number of hydrogen-bond donors (Lipinski definition) is 1. The number of anilines is 1. The summed E-state index contributed by atoms with van der Waals surface area (Å²) in [5, 5.41) is 3.27. The number of nitrogens with one attached hydrogen (secondary N) is 1. The van der Waals surface area contributed by atoms with Crippen LogP contribution in [0.4, 0.5) is 5.82 Å². The molecule has 108 valence electrons. The van der Waals surface area contributed by atoms with Crippen molar-refractivity contribution in [1.82, 2.24) is 15.2 Å². The van der Waals surface area contributed by atoms with Crippen LogP contribution in [0.1, 0.15) is 31.9 Å². The molecule has 0 radical (unpaired) electrons. The van der Waals surface area contributed by atoms with Crippen LogP contribution < -0.4 is 10.2 Å². The molecule has 1 heterocycles. The highest BCUT2D eigenvalue weighted by molar-refractivity contribution is 5.41. The van der Waals surface area contributed by atoms with Crippen LogP contribution in [0.25, 0.3) is 0 Å². The highest BCUT2D eigenvalue weighted by Crippen LogP contribution is 2.18. The predicted molar refractivity (Wildman–Crippen MR) is 82.8 cm³/mol. The van der Waals surface area contributed by atoms with Gasteiger partial charge >= 0.3 is 0 Å². The van der Waals surface area contributed by atoms with E-state index in [1.54, 1.807) is 0 Å². The average Bonchev–Trinajstić information content (AvgIpc) is 2.42. The lowest BCUT2D eigenvalue weighted by atomic mass is 10.1. The van der Waals surface area contributed by atoms with Gasteiger partial charge in [-0.25, -0.2) is 4.98 Å². The van der Waals surface area contributed by atoms with E-state index < -0.39 is 0 Å². The van der Waals surface area contributed by atoms with Crippen LogP contribution in [0.15, 0.2) is 18.3 Å². The van der Waals surface area contributed by atoms with Gasteiger partial charge in [0, 0.05) is 25.3 Å². The van der Waals surface area contributed by atoms with Crippen LogP contribution in [0.3, 0.4) is 0 Å². The van der Waals surface area contributed by atoms with Gasteiger partial charge in [-0.05, 0) is 65.7 Å². The Kier molecular flexibility index (Phi) is 6.81. The van der Waals surface area contributed by atoms with Crippen molar-refractivity contribution in [2.24, 2.45) is 0 Å². The Bertz CT molecular complexity index is 365. The fourth-order valence-electron chi connectivity index (χ4n) is 2.06. The molecule has 0 aliphatic heterocycles. The van der Waals surface area contributed by atoms with Gasteiger partial charge in [-0.3, -0.25) is 0 Å². The van der Waals surface area contributed by atoms with Crippen molar-refractivity contribution in [1.29, 1.82) is 0 Å². The molecule has 0 aliphatic carbocycles. The van der Waals surface area contributed by atoms with Crippen molar-refractivity contribution < 1.29 is 0 Å². The smallest absolute Gasteiger partial charge is 0.128 e. The van der Waals surface area contributed by atoms with E-state index >= 15 is 0 Å². The molecule has 0 bridgehead atoms. The maximum Gasteiger partial charge on any atom is 0.128 e.